The summed E-state index contributed by atoms with van der Waals surface area (Å²) in [4.78, 5) is 23.9. The Hall–Kier alpha value is -2.14. The van der Waals surface area contributed by atoms with Gasteiger partial charge in [-0.1, -0.05) is 36.4 Å². The van der Waals surface area contributed by atoms with Crippen molar-refractivity contribution in [3.8, 4) is 0 Å². The Labute approximate surface area is 118 Å². The zero-order valence-electron chi connectivity index (χ0n) is 11.4. The van der Waals surface area contributed by atoms with E-state index in [1.165, 1.54) is 11.0 Å². The van der Waals surface area contributed by atoms with Gasteiger partial charge >= 0.3 is 5.97 Å². The lowest BCUT2D eigenvalue weighted by Gasteiger charge is -2.20. The van der Waals surface area contributed by atoms with Crippen LogP contribution in [0.3, 0.4) is 0 Å². The highest BCUT2D eigenvalue weighted by Crippen LogP contribution is 2.15. The summed E-state index contributed by atoms with van der Waals surface area (Å²) in [6.45, 7) is 3.44. The second kappa shape index (κ2) is 8.12. The quantitative estimate of drug-likeness (QED) is 0.706. The third kappa shape index (κ3) is 5.24. The van der Waals surface area contributed by atoms with Gasteiger partial charge in [0.2, 0.25) is 5.91 Å². The molecule has 0 saturated carbocycles. The van der Waals surface area contributed by atoms with Gasteiger partial charge in [0.1, 0.15) is 6.54 Å². The summed E-state index contributed by atoms with van der Waals surface area (Å²) in [6, 6.07) is 9.29. The Morgan fingerprint density at radius 1 is 1.35 bits per heavy atom. The van der Waals surface area contributed by atoms with Gasteiger partial charge in [-0.3, -0.25) is 9.59 Å². The Morgan fingerprint density at radius 2 is 2.00 bits per heavy atom. The molecule has 5 heteroatoms. The van der Waals surface area contributed by atoms with Crippen LogP contribution in [0, 0.1) is 0 Å². The van der Waals surface area contributed by atoms with Gasteiger partial charge in [0, 0.05) is 19.0 Å². The van der Waals surface area contributed by atoms with Gasteiger partial charge in [-0.05, 0) is 12.0 Å². The van der Waals surface area contributed by atoms with Crippen LogP contribution in [0.4, 0.5) is 0 Å². The van der Waals surface area contributed by atoms with E-state index in [2.05, 4.69) is 6.58 Å². The fourth-order valence-electron chi connectivity index (χ4n) is 1.88. The summed E-state index contributed by atoms with van der Waals surface area (Å²) in [5.41, 5.74) is 6.98. The molecule has 0 aliphatic rings. The van der Waals surface area contributed by atoms with Crippen molar-refractivity contribution >= 4 is 11.9 Å². The molecule has 3 N–H and O–H groups in total. The average Bonchev–Trinajstić information content (AvgIpc) is 2.44. The molecule has 5 nitrogen and oxygen atoms in total. The van der Waals surface area contributed by atoms with Gasteiger partial charge in [-0.25, -0.2) is 0 Å². The number of carboxylic acid groups (broad SMARTS) is 1. The van der Waals surface area contributed by atoms with E-state index in [0.29, 0.717) is 6.42 Å². The van der Waals surface area contributed by atoms with Crippen molar-refractivity contribution in [2.45, 2.75) is 18.9 Å². The van der Waals surface area contributed by atoms with E-state index < -0.39 is 5.97 Å². The normalized spacial score (nSPS) is 11.7. The summed E-state index contributed by atoms with van der Waals surface area (Å²) in [6.07, 6.45) is 2.21. The van der Waals surface area contributed by atoms with Crippen LogP contribution >= 0.6 is 0 Å². The van der Waals surface area contributed by atoms with Gasteiger partial charge < -0.3 is 15.7 Å². The number of carboxylic acids is 1. The zero-order chi connectivity index (χ0) is 15.0. The minimum atomic E-state index is -1.03. The SMILES string of the molecule is C=CCN(CC(=O)O)C(=O)CCC(N)c1ccccc1. The summed E-state index contributed by atoms with van der Waals surface area (Å²) < 4.78 is 0. The molecule has 0 radical (unpaired) electrons. The van der Waals surface area contributed by atoms with E-state index in [9.17, 15) is 9.59 Å². The third-order valence-corrected chi connectivity index (χ3v) is 2.93. The first-order valence-corrected chi connectivity index (χ1v) is 6.45. The molecule has 1 amide bonds. The topological polar surface area (TPSA) is 83.6 Å². The number of hydrogen-bond donors (Lipinski definition) is 2. The van der Waals surface area contributed by atoms with Crippen LogP contribution in [0.15, 0.2) is 43.0 Å². The van der Waals surface area contributed by atoms with Crippen molar-refractivity contribution in [2.75, 3.05) is 13.1 Å². The first-order chi connectivity index (χ1) is 9.54. The van der Waals surface area contributed by atoms with Gasteiger partial charge in [0.25, 0.3) is 0 Å². The fourth-order valence-corrected chi connectivity index (χ4v) is 1.88. The molecule has 0 aromatic heterocycles. The molecule has 0 aliphatic heterocycles. The molecule has 1 aromatic rings. The summed E-state index contributed by atoms with van der Waals surface area (Å²) in [7, 11) is 0. The number of carbonyl (C=O) groups is 2. The van der Waals surface area contributed by atoms with Gasteiger partial charge in [-0.2, -0.15) is 0 Å². The minimum Gasteiger partial charge on any atom is -0.480 e. The number of hydrogen-bond acceptors (Lipinski definition) is 3. The molecular weight excluding hydrogens is 256 g/mol. The molecule has 0 fully saturated rings. The van der Waals surface area contributed by atoms with Crippen molar-refractivity contribution in [3.05, 3.63) is 48.6 Å². The summed E-state index contributed by atoms with van der Waals surface area (Å²) in [5, 5.41) is 8.76. The highest BCUT2D eigenvalue weighted by Gasteiger charge is 2.16. The third-order valence-electron chi connectivity index (χ3n) is 2.93. The Bertz CT molecular complexity index is 459. The molecule has 1 aromatic carbocycles. The van der Waals surface area contributed by atoms with Crippen LogP contribution in [0.25, 0.3) is 0 Å². The maximum Gasteiger partial charge on any atom is 0.323 e. The lowest BCUT2D eigenvalue weighted by Crippen LogP contribution is -2.36. The first-order valence-electron chi connectivity index (χ1n) is 6.45. The second-order valence-corrected chi connectivity index (χ2v) is 4.51. The van der Waals surface area contributed by atoms with Crippen molar-refractivity contribution in [2.24, 2.45) is 5.73 Å². The molecule has 0 aliphatic carbocycles. The highest BCUT2D eigenvalue weighted by molar-refractivity contribution is 5.81. The smallest absolute Gasteiger partial charge is 0.323 e. The molecule has 0 spiro atoms. The first kappa shape index (κ1) is 15.9. The lowest BCUT2D eigenvalue weighted by molar-refractivity contribution is -0.144. The lowest BCUT2D eigenvalue weighted by atomic mass is 10.0. The Morgan fingerprint density at radius 3 is 2.55 bits per heavy atom. The molecule has 1 rings (SSSR count). The van der Waals surface area contributed by atoms with E-state index in [0.717, 1.165) is 5.56 Å². The van der Waals surface area contributed by atoms with Crippen molar-refractivity contribution in [1.82, 2.24) is 4.90 Å². The monoisotopic (exact) mass is 276 g/mol. The standard InChI is InChI=1S/C15H20N2O3/c1-2-10-17(11-15(19)20)14(18)9-8-13(16)12-6-4-3-5-7-12/h2-7,13H,1,8-11,16H2,(H,19,20). The molecule has 108 valence electrons. The summed E-state index contributed by atoms with van der Waals surface area (Å²) in [5.74, 6) is -1.26. The van der Waals surface area contributed by atoms with Crippen LogP contribution in [0.1, 0.15) is 24.4 Å². The van der Waals surface area contributed by atoms with E-state index in [4.69, 9.17) is 10.8 Å². The van der Waals surface area contributed by atoms with Crippen LogP contribution in [0.5, 0.6) is 0 Å². The number of nitrogens with two attached hydrogens (primary N) is 1. The largest absolute Gasteiger partial charge is 0.480 e. The van der Waals surface area contributed by atoms with E-state index >= 15 is 0 Å². The maximum absolute atomic E-state index is 12.0. The van der Waals surface area contributed by atoms with E-state index in [1.807, 2.05) is 30.3 Å². The van der Waals surface area contributed by atoms with Crippen LogP contribution in [-0.4, -0.2) is 35.0 Å². The van der Waals surface area contributed by atoms with E-state index in [-0.39, 0.29) is 31.5 Å². The molecule has 20 heavy (non-hydrogen) atoms. The second-order valence-electron chi connectivity index (χ2n) is 4.51. The van der Waals surface area contributed by atoms with Crippen molar-refractivity contribution in [1.29, 1.82) is 0 Å². The Kier molecular flexibility index (Phi) is 6.46. The van der Waals surface area contributed by atoms with Crippen LogP contribution in [-0.2, 0) is 9.59 Å². The highest BCUT2D eigenvalue weighted by atomic mass is 16.4. The molecule has 1 atom stereocenters. The van der Waals surface area contributed by atoms with Gasteiger partial charge in [0.05, 0.1) is 0 Å². The molecule has 0 heterocycles. The maximum atomic E-state index is 12.0. The molecular formula is C15H20N2O3. The predicted molar refractivity (Wildman–Crippen MR) is 77.0 cm³/mol. The van der Waals surface area contributed by atoms with Gasteiger partial charge in [-0.15, -0.1) is 6.58 Å². The molecule has 0 bridgehead atoms. The predicted octanol–water partition coefficient (Wildman–Crippen LogP) is 1.57. The number of nitrogens with zero attached hydrogens (tertiary/aromatic N) is 1. The van der Waals surface area contributed by atoms with Crippen LogP contribution in [0.2, 0.25) is 0 Å². The number of aliphatic carboxylic acids is 1. The van der Waals surface area contributed by atoms with Gasteiger partial charge in [0.15, 0.2) is 0 Å². The fraction of sp³-hybridized carbons (Fsp3) is 0.333. The zero-order valence-corrected chi connectivity index (χ0v) is 11.4. The molecule has 1 unspecified atom stereocenters. The van der Waals surface area contributed by atoms with Crippen molar-refractivity contribution < 1.29 is 14.7 Å². The van der Waals surface area contributed by atoms with Crippen LogP contribution < -0.4 is 5.73 Å². The number of benzene rings is 1. The molecule has 0 saturated heterocycles. The van der Waals surface area contributed by atoms with E-state index in [1.54, 1.807) is 0 Å². The number of carbonyl (C=O) groups excluding carboxylic acids is 1. The number of rotatable bonds is 8. The average molecular weight is 276 g/mol. The minimum absolute atomic E-state index is 0.219. The van der Waals surface area contributed by atoms with Crippen molar-refractivity contribution in [3.63, 3.8) is 0 Å². The summed E-state index contributed by atoms with van der Waals surface area (Å²) >= 11 is 0. The Balaban J connectivity index is 2.52. The number of amides is 1.